The fraction of sp³-hybridized carbons (Fsp3) is 0.848. The first-order chi connectivity index (χ1) is 18.0. The Hall–Kier alpha value is -1.85. The molecule has 8 atom stereocenters. The lowest BCUT2D eigenvalue weighted by Crippen LogP contribution is -2.66. The first-order valence-electron chi connectivity index (χ1n) is 15.2. The molecule has 0 spiro atoms. The summed E-state index contributed by atoms with van der Waals surface area (Å²) in [5.74, 6) is 0.605. The van der Waals surface area contributed by atoms with Gasteiger partial charge in [-0.3, -0.25) is 9.59 Å². The van der Waals surface area contributed by atoms with Crippen LogP contribution in [0.3, 0.4) is 0 Å². The van der Waals surface area contributed by atoms with Gasteiger partial charge in [-0.25, -0.2) is 0 Å². The summed E-state index contributed by atoms with van der Waals surface area (Å²) in [5, 5.41) is 13.8. The summed E-state index contributed by atoms with van der Waals surface area (Å²) in [4.78, 5) is 25.6. The number of hydrogen-bond donors (Lipinski definition) is 1. The van der Waals surface area contributed by atoms with Crippen LogP contribution in [0.1, 0.15) is 113 Å². The van der Waals surface area contributed by atoms with Gasteiger partial charge in [-0.05, 0) is 97.2 Å². The molecule has 6 nitrogen and oxygen atoms in total. The number of methoxy groups -OCH3 is 1. The first-order valence-corrected chi connectivity index (χ1v) is 15.2. The molecule has 0 aromatic carbocycles. The highest BCUT2D eigenvalue weighted by Gasteiger charge is 2.70. The lowest BCUT2D eigenvalue weighted by molar-refractivity contribution is -0.188. The van der Waals surface area contributed by atoms with Gasteiger partial charge < -0.3 is 14.7 Å². The van der Waals surface area contributed by atoms with Crippen LogP contribution in [0.25, 0.3) is 0 Å². The van der Waals surface area contributed by atoms with Gasteiger partial charge in [-0.2, -0.15) is 0 Å². The highest BCUT2D eigenvalue weighted by molar-refractivity contribution is 5.95. The number of carbonyl (C=O) groups is 2. The summed E-state index contributed by atoms with van der Waals surface area (Å²) in [7, 11) is 1.56. The maximum atomic E-state index is 13.4. The van der Waals surface area contributed by atoms with Gasteiger partial charge in [0, 0.05) is 12.3 Å². The monoisotopic (exact) mass is 541 g/mol. The normalized spacial score (nSPS) is 47.0. The predicted octanol–water partition coefficient (Wildman–Crippen LogP) is 7.33. The van der Waals surface area contributed by atoms with Crippen molar-refractivity contribution < 1.29 is 24.3 Å². The van der Waals surface area contributed by atoms with Crippen molar-refractivity contribution in [1.82, 2.24) is 0 Å². The van der Waals surface area contributed by atoms with E-state index in [2.05, 4.69) is 59.7 Å². The zero-order chi connectivity index (χ0) is 28.8. The molecule has 5 rings (SSSR count). The number of hydrogen-bond acceptors (Lipinski definition) is 6. The summed E-state index contributed by atoms with van der Waals surface area (Å²) < 4.78 is 11.3. The fourth-order valence-corrected chi connectivity index (χ4v) is 11.2. The molecule has 39 heavy (non-hydrogen) atoms. The number of rotatable bonds is 2. The van der Waals surface area contributed by atoms with E-state index in [1.54, 1.807) is 7.11 Å². The van der Waals surface area contributed by atoms with Crippen LogP contribution in [0.15, 0.2) is 16.8 Å². The number of carbonyl (C=O) groups excluding carboxylic acids is 2. The van der Waals surface area contributed by atoms with Gasteiger partial charge >= 0.3 is 11.9 Å². The molecule has 0 radical (unpaired) electrons. The van der Waals surface area contributed by atoms with Crippen LogP contribution in [-0.4, -0.2) is 36.1 Å². The Balaban J connectivity index is 1.61. The Labute approximate surface area is 235 Å². The molecule has 0 amide bonds. The van der Waals surface area contributed by atoms with Crippen molar-refractivity contribution in [2.45, 2.75) is 119 Å². The molecule has 0 heterocycles. The lowest BCUT2D eigenvalue weighted by atomic mass is 9.33. The van der Waals surface area contributed by atoms with E-state index in [9.17, 15) is 14.8 Å². The van der Waals surface area contributed by atoms with Gasteiger partial charge in [0.05, 0.1) is 12.5 Å². The third-order valence-corrected chi connectivity index (χ3v) is 13.4. The van der Waals surface area contributed by atoms with Crippen LogP contribution < -0.4 is 0 Å². The standard InChI is InChI=1S/C33H51NO5/c1-20(35)39-23-19-30(6)24(29(4,5)26(23)34-37)12-13-32(8)25(30)11-10-21-22-18-28(2,3)14-16-33(22,27(36)38-9)17-15-31(21,32)7/h10,22-25,37H,11-19H2,1-9H3/b34-26-/t22?,23-,24?,25?,30+,31-,32-,33+/m1/s1. The molecule has 0 saturated heterocycles. The van der Waals surface area contributed by atoms with Gasteiger partial charge in [-0.15, -0.1) is 0 Å². The number of ether oxygens (including phenoxy) is 2. The van der Waals surface area contributed by atoms with Crippen LogP contribution in [0.4, 0.5) is 0 Å². The highest BCUT2D eigenvalue weighted by Crippen LogP contribution is 2.75. The van der Waals surface area contributed by atoms with Crippen molar-refractivity contribution in [3.8, 4) is 0 Å². The Morgan fingerprint density at radius 3 is 2.23 bits per heavy atom. The lowest BCUT2D eigenvalue weighted by Gasteiger charge is -2.71. The van der Waals surface area contributed by atoms with Crippen LogP contribution in [0, 0.1) is 50.2 Å². The van der Waals surface area contributed by atoms with Crippen molar-refractivity contribution in [2.24, 2.45) is 55.4 Å². The number of esters is 2. The Bertz CT molecular complexity index is 1120. The molecule has 3 unspecified atom stereocenters. The van der Waals surface area contributed by atoms with Crippen LogP contribution in [0.5, 0.6) is 0 Å². The molecule has 5 aliphatic carbocycles. The Kier molecular flexibility index (Phi) is 6.49. The number of nitrogens with zero attached hydrogens (tertiary/aromatic N) is 1. The highest BCUT2D eigenvalue weighted by atomic mass is 16.5. The zero-order valence-corrected chi connectivity index (χ0v) is 25.8. The van der Waals surface area contributed by atoms with Crippen molar-refractivity contribution >= 4 is 17.7 Å². The summed E-state index contributed by atoms with van der Waals surface area (Å²) in [6.07, 6.45) is 10.7. The van der Waals surface area contributed by atoms with E-state index >= 15 is 0 Å². The second-order valence-corrected chi connectivity index (χ2v) is 15.9. The van der Waals surface area contributed by atoms with Gasteiger partial charge in [-0.1, -0.05) is 65.3 Å². The van der Waals surface area contributed by atoms with E-state index in [4.69, 9.17) is 9.47 Å². The summed E-state index contributed by atoms with van der Waals surface area (Å²) in [6.45, 7) is 17.9. The molecule has 218 valence electrons. The molecule has 4 fully saturated rings. The minimum absolute atomic E-state index is 0.00801. The fourth-order valence-electron chi connectivity index (χ4n) is 11.2. The SMILES string of the molecule is COC(=O)[C@]12CCC(C)(C)CC1C1=CCC3[C@@]4(C)C[C@@H](OC(C)=O)/C(=N/O)C(C)(C)C4CC[C@@]3(C)[C@]1(C)CC2. The molecule has 0 aliphatic heterocycles. The van der Waals surface area contributed by atoms with E-state index in [-0.39, 0.29) is 44.9 Å². The molecular weight excluding hydrogens is 490 g/mol. The van der Waals surface area contributed by atoms with E-state index in [0.717, 1.165) is 51.4 Å². The Morgan fingerprint density at radius 2 is 1.62 bits per heavy atom. The van der Waals surface area contributed by atoms with Crippen LogP contribution in [-0.2, 0) is 19.1 Å². The molecule has 1 N–H and O–H groups in total. The van der Waals surface area contributed by atoms with E-state index in [1.807, 2.05) is 0 Å². The van der Waals surface area contributed by atoms with E-state index in [1.165, 1.54) is 12.5 Å². The molecule has 0 bridgehead atoms. The third-order valence-electron chi connectivity index (χ3n) is 13.4. The van der Waals surface area contributed by atoms with Crippen molar-refractivity contribution in [3.63, 3.8) is 0 Å². The second kappa shape index (κ2) is 8.82. The van der Waals surface area contributed by atoms with Crippen LogP contribution >= 0.6 is 0 Å². The molecule has 0 aromatic rings. The van der Waals surface area contributed by atoms with Crippen molar-refractivity contribution in [3.05, 3.63) is 11.6 Å². The number of fused-ring (bicyclic) bond motifs is 7. The van der Waals surface area contributed by atoms with Gasteiger partial charge in [0.1, 0.15) is 11.8 Å². The largest absolute Gasteiger partial charge is 0.469 e. The molecule has 4 saturated carbocycles. The van der Waals surface area contributed by atoms with Crippen molar-refractivity contribution in [2.75, 3.05) is 7.11 Å². The first kappa shape index (κ1) is 28.7. The van der Waals surface area contributed by atoms with Gasteiger partial charge in [0.2, 0.25) is 0 Å². The summed E-state index contributed by atoms with van der Waals surface area (Å²) in [6, 6.07) is 0. The quantitative estimate of drug-likeness (QED) is 0.171. The minimum Gasteiger partial charge on any atom is -0.469 e. The average Bonchev–Trinajstić information content (AvgIpc) is 2.83. The third kappa shape index (κ3) is 3.74. The van der Waals surface area contributed by atoms with Gasteiger partial charge in [0.25, 0.3) is 0 Å². The molecule has 0 aromatic heterocycles. The maximum Gasteiger partial charge on any atom is 0.312 e. The maximum absolute atomic E-state index is 13.4. The summed E-state index contributed by atoms with van der Waals surface area (Å²) >= 11 is 0. The molecular formula is C33H51NO5. The van der Waals surface area contributed by atoms with E-state index in [0.29, 0.717) is 24.0 Å². The predicted molar refractivity (Wildman–Crippen MR) is 151 cm³/mol. The second-order valence-electron chi connectivity index (χ2n) is 15.9. The number of allylic oxidation sites excluding steroid dienone is 2. The summed E-state index contributed by atoms with van der Waals surface area (Å²) in [5.41, 5.74) is 1.49. The number of oxime groups is 1. The van der Waals surface area contributed by atoms with Crippen molar-refractivity contribution in [1.29, 1.82) is 0 Å². The van der Waals surface area contributed by atoms with E-state index < -0.39 is 11.5 Å². The molecule has 5 aliphatic rings. The Morgan fingerprint density at radius 1 is 0.949 bits per heavy atom. The van der Waals surface area contributed by atoms with Crippen LogP contribution in [0.2, 0.25) is 0 Å². The molecule has 6 heteroatoms. The topological polar surface area (TPSA) is 85.2 Å². The smallest absolute Gasteiger partial charge is 0.312 e. The average molecular weight is 542 g/mol. The zero-order valence-electron chi connectivity index (χ0n) is 25.8. The minimum atomic E-state index is -0.512. The van der Waals surface area contributed by atoms with Gasteiger partial charge in [0.15, 0.2) is 0 Å².